The number of carbonyl (C=O) groups excluding carboxylic acids is 3. The van der Waals surface area contributed by atoms with Crippen LogP contribution in [0.1, 0.15) is 65.7 Å². The molecule has 5 atom stereocenters. The lowest BCUT2D eigenvalue weighted by Gasteiger charge is -2.31. The van der Waals surface area contributed by atoms with Gasteiger partial charge in [-0.15, -0.1) is 5.10 Å². The van der Waals surface area contributed by atoms with Gasteiger partial charge in [0.05, 0.1) is 48.4 Å². The van der Waals surface area contributed by atoms with E-state index in [2.05, 4.69) is 10.3 Å². The molecule has 2 amide bonds. The first-order valence-corrected chi connectivity index (χ1v) is 23.1. The van der Waals surface area contributed by atoms with E-state index in [9.17, 15) is 14.7 Å². The highest BCUT2D eigenvalue weighted by molar-refractivity contribution is 6.72. The molecule has 3 aliphatic rings. The third-order valence-corrected chi connectivity index (χ3v) is 14.5. The van der Waals surface area contributed by atoms with Crippen LogP contribution in [0.25, 0.3) is 0 Å². The molecule has 0 radical (unpaired) electrons. The van der Waals surface area contributed by atoms with Crippen LogP contribution in [0.2, 0.25) is 18.6 Å². The number of halogens is 1. The van der Waals surface area contributed by atoms with Crippen LogP contribution in [-0.4, -0.2) is 72.7 Å². The van der Waals surface area contributed by atoms with Crippen molar-refractivity contribution in [2.24, 2.45) is 5.92 Å². The fourth-order valence-electron chi connectivity index (χ4n) is 9.27. The highest BCUT2D eigenvalue weighted by Gasteiger charge is 2.66. The Kier molecular flexibility index (Phi) is 11.0. The van der Waals surface area contributed by atoms with Crippen LogP contribution >= 0.6 is 0 Å². The van der Waals surface area contributed by atoms with Crippen LogP contribution in [0.15, 0.2) is 103 Å². The lowest BCUT2D eigenvalue weighted by Crippen LogP contribution is -2.45. The summed E-state index contributed by atoms with van der Waals surface area (Å²) in [6.45, 7) is 5.72. The number of hydrogen-bond donors (Lipinski definition) is 1. The quantitative estimate of drug-likeness (QED) is 0.0542. The average molecular weight is 818 g/mol. The molecule has 3 aliphatic heterocycles. The molecule has 14 heteroatoms. The first-order chi connectivity index (χ1) is 28.5. The van der Waals surface area contributed by atoms with Crippen LogP contribution in [0.3, 0.4) is 0 Å². The number of para-hydroxylation sites is 3. The van der Waals surface area contributed by atoms with E-state index in [-0.39, 0.29) is 36.7 Å². The van der Waals surface area contributed by atoms with Crippen LogP contribution in [-0.2, 0) is 31.2 Å². The zero-order valence-electron chi connectivity index (χ0n) is 33.6. The van der Waals surface area contributed by atoms with Crippen molar-refractivity contribution < 1.29 is 37.8 Å². The number of aryl methyl sites for hydroxylation is 1. The van der Waals surface area contributed by atoms with Crippen molar-refractivity contribution in [3.05, 3.63) is 126 Å². The minimum Gasteiger partial charge on any atom is -0.469 e. The van der Waals surface area contributed by atoms with Crippen LogP contribution in [0.4, 0.5) is 21.2 Å². The smallest absolute Gasteiger partial charge is 0.305 e. The lowest BCUT2D eigenvalue weighted by atomic mass is 9.82. The molecule has 5 aromatic rings. The van der Waals surface area contributed by atoms with Gasteiger partial charge in [-0.05, 0) is 80.4 Å². The molecular formula is C45H48FN5O7Si. The van der Waals surface area contributed by atoms with E-state index in [1.54, 1.807) is 58.0 Å². The second kappa shape index (κ2) is 16.2. The largest absolute Gasteiger partial charge is 0.469 e. The predicted octanol–water partition coefficient (Wildman–Crippen LogP) is 8.04. The first-order valence-electron chi connectivity index (χ1n) is 20.1. The number of esters is 1. The first kappa shape index (κ1) is 40.1. The summed E-state index contributed by atoms with van der Waals surface area (Å²) in [4.78, 5) is 44.9. The Balaban J connectivity index is 1.17. The van der Waals surface area contributed by atoms with Gasteiger partial charge in [-0.25, -0.2) is 0 Å². The Morgan fingerprint density at radius 1 is 0.949 bits per heavy atom. The van der Waals surface area contributed by atoms with E-state index in [0.717, 1.165) is 5.56 Å². The van der Waals surface area contributed by atoms with Crippen molar-refractivity contribution in [3.8, 4) is 11.5 Å². The standard InChI is InChI=1S/C45H48FN5O7Si/c1-29-42(59(3,4)46)40(23-25-49-27-35(47-48-49)33(28-52)30-14-6-5-7-15-30)58-45(29)34-26-31(21-22-36(34)50(44(45)55)24-13-12-20-41(53)56-2)51-37-17-9-11-19-39(37)57-38-18-10-8-16-32(38)43(51)54/h5-11,14-19,21-22,26-27,29,33,40,42,52H,12-13,20,23-25,28H2,1-4H3/t29-,33?,40+,42-,45+/m0/s1. The van der Waals surface area contributed by atoms with Gasteiger partial charge < -0.3 is 28.3 Å². The third kappa shape index (κ3) is 7.23. The molecular weight excluding hydrogens is 770 g/mol. The Morgan fingerprint density at radius 3 is 2.42 bits per heavy atom. The van der Waals surface area contributed by atoms with Crippen molar-refractivity contribution in [2.75, 3.05) is 30.1 Å². The number of aliphatic hydroxyl groups excluding tert-OH is 1. The number of benzene rings is 4. The molecule has 1 fully saturated rings. The fourth-order valence-corrected chi connectivity index (χ4v) is 11.8. The maximum atomic E-state index is 16.8. The van der Waals surface area contributed by atoms with Crippen LogP contribution in [0.5, 0.6) is 11.5 Å². The van der Waals surface area contributed by atoms with Crippen LogP contribution in [0, 0.1) is 5.92 Å². The number of aromatic nitrogens is 3. The van der Waals surface area contributed by atoms with Crippen molar-refractivity contribution >= 4 is 43.3 Å². The number of nitrogens with zero attached hydrogens (tertiary/aromatic N) is 5. The number of fused-ring (bicyclic) bond motifs is 4. The molecule has 0 saturated carbocycles. The molecule has 1 aromatic heterocycles. The summed E-state index contributed by atoms with van der Waals surface area (Å²) < 4.78 is 36.7. The van der Waals surface area contributed by atoms with Gasteiger partial charge in [0.25, 0.3) is 11.8 Å². The SMILES string of the molecule is COC(=O)CCCCN1C(=O)[C@]2(O[C@H](CCn3cc(C(CO)c4ccccc4)nn3)[C@@H]([Si](C)(C)F)[C@@H]2C)c2cc(N3C(=O)c4ccccc4Oc4ccccc43)ccc21. The number of amides is 2. The van der Waals surface area contributed by atoms with Gasteiger partial charge in [0.1, 0.15) is 5.75 Å². The van der Waals surface area contributed by atoms with Gasteiger partial charge >= 0.3 is 5.97 Å². The maximum Gasteiger partial charge on any atom is 0.305 e. The average Bonchev–Trinajstić information content (AvgIpc) is 3.86. The van der Waals surface area contributed by atoms with Gasteiger partial charge in [-0.2, -0.15) is 0 Å². The zero-order chi connectivity index (χ0) is 41.5. The molecule has 4 heterocycles. The van der Waals surface area contributed by atoms with Crippen molar-refractivity contribution in [1.82, 2.24) is 15.0 Å². The molecule has 1 spiro atoms. The second-order valence-electron chi connectivity index (χ2n) is 16.0. The summed E-state index contributed by atoms with van der Waals surface area (Å²) in [5, 5.41) is 19.0. The van der Waals surface area contributed by atoms with E-state index < -0.39 is 31.6 Å². The molecule has 59 heavy (non-hydrogen) atoms. The van der Waals surface area contributed by atoms with Crippen molar-refractivity contribution in [2.45, 2.75) is 75.4 Å². The monoisotopic (exact) mass is 817 g/mol. The van der Waals surface area contributed by atoms with E-state index in [0.29, 0.717) is 77.7 Å². The number of unbranched alkanes of at least 4 members (excludes halogenated alkanes) is 1. The summed E-state index contributed by atoms with van der Waals surface area (Å²) in [5.41, 5.74) is 1.97. The molecule has 4 aromatic carbocycles. The minimum absolute atomic E-state index is 0.144. The topological polar surface area (TPSA) is 136 Å². The fraction of sp³-hybridized carbons (Fsp3) is 0.356. The molecule has 306 valence electrons. The maximum absolute atomic E-state index is 16.8. The Hall–Kier alpha value is -5.70. The zero-order valence-corrected chi connectivity index (χ0v) is 34.6. The van der Waals surface area contributed by atoms with Crippen molar-refractivity contribution in [1.29, 1.82) is 0 Å². The number of ether oxygens (including phenoxy) is 3. The predicted molar refractivity (Wildman–Crippen MR) is 222 cm³/mol. The van der Waals surface area contributed by atoms with E-state index in [1.165, 1.54) is 7.11 Å². The normalized spacial score (nSPS) is 21.5. The number of aliphatic hydroxyl groups is 1. The summed E-state index contributed by atoms with van der Waals surface area (Å²) in [6, 6.07) is 29.5. The minimum atomic E-state index is -3.52. The van der Waals surface area contributed by atoms with E-state index >= 15 is 8.90 Å². The number of hydrogen-bond acceptors (Lipinski definition) is 9. The van der Waals surface area contributed by atoms with Gasteiger partial charge in [0, 0.05) is 48.4 Å². The second-order valence-corrected chi connectivity index (χ2v) is 19.8. The summed E-state index contributed by atoms with van der Waals surface area (Å²) in [5.74, 6) is -0.950. The summed E-state index contributed by atoms with van der Waals surface area (Å²) in [7, 11) is -2.17. The number of anilines is 3. The Morgan fingerprint density at radius 2 is 1.68 bits per heavy atom. The summed E-state index contributed by atoms with van der Waals surface area (Å²) >= 11 is 0. The number of carbonyl (C=O) groups is 3. The van der Waals surface area contributed by atoms with Crippen molar-refractivity contribution in [3.63, 3.8) is 0 Å². The highest BCUT2D eigenvalue weighted by Crippen LogP contribution is 2.61. The van der Waals surface area contributed by atoms with Gasteiger partial charge in [0.15, 0.2) is 11.4 Å². The number of rotatable bonds is 13. The van der Waals surface area contributed by atoms with E-state index in [4.69, 9.17) is 14.2 Å². The van der Waals surface area contributed by atoms with Crippen LogP contribution < -0.4 is 14.5 Å². The highest BCUT2D eigenvalue weighted by atomic mass is 28.4. The van der Waals surface area contributed by atoms with Gasteiger partial charge in [0.2, 0.25) is 8.41 Å². The molecule has 1 N–H and O–H groups in total. The van der Waals surface area contributed by atoms with Gasteiger partial charge in [-0.1, -0.05) is 66.7 Å². The lowest BCUT2D eigenvalue weighted by molar-refractivity contribution is -0.146. The molecule has 0 bridgehead atoms. The molecule has 12 nitrogen and oxygen atoms in total. The number of methoxy groups -OCH3 is 1. The molecule has 0 aliphatic carbocycles. The summed E-state index contributed by atoms with van der Waals surface area (Å²) in [6.07, 6.45) is 2.72. The van der Waals surface area contributed by atoms with E-state index in [1.807, 2.05) is 79.7 Å². The Bertz CT molecular complexity index is 2370. The Labute approximate surface area is 343 Å². The molecule has 1 saturated heterocycles. The van der Waals surface area contributed by atoms with Gasteiger partial charge in [-0.3, -0.25) is 24.0 Å². The third-order valence-electron chi connectivity index (χ3n) is 12.0. The molecule has 1 unspecified atom stereocenters. The molecule has 8 rings (SSSR count).